The van der Waals surface area contributed by atoms with Crippen LogP contribution in [0.25, 0.3) is 0 Å². The molecule has 0 unspecified atom stereocenters. The van der Waals surface area contributed by atoms with E-state index in [9.17, 15) is 23.7 Å². The molecule has 0 saturated carbocycles. The second kappa shape index (κ2) is 9.06. The predicted octanol–water partition coefficient (Wildman–Crippen LogP) is 3.72. The lowest BCUT2D eigenvalue weighted by atomic mass is 9.95. The van der Waals surface area contributed by atoms with Crippen LogP contribution >= 0.6 is 0 Å². The van der Waals surface area contributed by atoms with Crippen LogP contribution in [0, 0.1) is 34.6 Å². The van der Waals surface area contributed by atoms with Crippen LogP contribution in [0.3, 0.4) is 0 Å². The van der Waals surface area contributed by atoms with Crippen LogP contribution in [0.4, 0.5) is 20.2 Å². The number of nitrogens with one attached hydrogen (secondary N) is 1. The third kappa shape index (κ3) is 4.67. The molecule has 1 saturated heterocycles. The van der Waals surface area contributed by atoms with Gasteiger partial charge in [0.05, 0.1) is 18.1 Å². The van der Waals surface area contributed by atoms with Gasteiger partial charge in [-0.3, -0.25) is 14.9 Å². The van der Waals surface area contributed by atoms with Crippen molar-refractivity contribution in [2.75, 3.05) is 25.1 Å². The molecule has 0 spiro atoms. The number of carbonyl (C=O) groups is 1. The van der Waals surface area contributed by atoms with Crippen LogP contribution in [0.5, 0.6) is 5.75 Å². The Morgan fingerprint density at radius 1 is 1.23 bits per heavy atom. The first kappa shape index (κ1) is 21.5. The largest absolute Gasteiger partial charge is 0.494 e. The summed E-state index contributed by atoms with van der Waals surface area (Å²) in [7, 11) is 1.30. The van der Waals surface area contributed by atoms with E-state index in [1.807, 2.05) is 0 Å². The summed E-state index contributed by atoms with van der Waals surface area (Å²) in [5, 5.41) is 14.2. The number of rotatable bonds is 6. The first-order chi connectivity index (χ1) is 14.3. The highest BCUT2D eigenvalue weighted by atomic mass is 19.1. The third-order valence-corrected chi connectivity index (χ3v) is 5.36. The zero-order valence-corrected chi connectivity index (χ0v) is 16.8. The number of piperidine rings is 1. The smallest absolute Gasteiger partial charge is 0.295 e. The lowest BCUT2D eigenvalue weighted by Crippen LogP contribution is -2.40. The fourth-order valence-electron chi connectivity index (χ4n) is 3.55. The lowest BCUT2D eigenvalue weighted by molar-refractivity contribution is -0.384. The summed E-state index contributed by atoms with van der Waals surface area (Å²) in [5.41, 5.74) is 1.16. The van der Waals surface area contributed by atoms with Gasteiger partial charge in [0, 0.05) is 31.6 Å². The zero-order valence-electron chi connectivity index (χ0n) is 16.8. The minimum Gasteiger partial charge on any atom is -0.494 e. The van der Waals surface area contributed by atoms with Gasteiger partial charge in [0.1, 0.15) is 11.5 Å². The predicted molar refractivity (Wildman–Crippen MR) is 108 cm³/mol. The maximum atomic E-state index is 13.9. The lowest BCUT2D eigenvalue weighted by Gasteiger charge is -2.32. The molecule has 160 valence electrons. The quantitative estimate of drug-likeness (QED) is 0.570. The molecule has 1 fully saturated rings. The van der Waals surface area contributed by atoms with Crippen molar-refractivity contribution >= 4 is 17.3 Å². The van der Waals surface area contributed by atoms with Gasteiger partial charge in [-0.15, -0.1) is 0 Å². The molecule has 1 aliphatic rings. The summed E-state index contributed by atoms with van der Waals surface area (Å²) in [6.07, 6.45) is 0.982. The van der Waals surface area contributed by atoms with Crippen molar-refractivity contribution in [2.45, 2.75) is 26.3 Å². The van der Waals surface area contributed by atoms with Gasteiger partial charge in [0.25, 0.3) is 5.69 Å². The Balaban J connectivity index is 1.62. The third-order valence-electron chi connectivity index (χ3n) is 5.36. The van der Waals surface area contributed by atoms with E-state index < -0.39 is 10.7 Å². The fraction of sp³-hybridized carbons (Fsp3) is 0.381. The van der Waals surface area contributed by atoms with E-state index in [0.717, 1.165) is 6.07 Å². The van der Waals surface area contributed by atoms with E-state index in [-0.39, 0.29) is 41.3 Å². The van der Waals surface area contributed by atoms with Crippen molar-refractivity contribution in [3.05, 3.63) is 63.2 Å². The van der Waals surface area contributed by atoms with Gasteiger partial charge in [0.15, 0.2) is 11.6 Å². The fourth-order valence-corrected chi connectivity index (χ4v) is 3.55. The molecular weight excluding hydrogens is 396 g/mol. The summed E-state index contributed by atoms with van der Waals surface area (Å²) in [6, 6.07) is 7.01. The molecule has 0 radical (unpaired) electrons. The molecular formula is C21H23F2N3O4. The Hall–Kier alpha value is -3.23. The zero-order chi connectivity index (χ0) is 21.8. The number of methoxy groups -OCH3 is 1. The van der Waals surface area contributed by atoms with Crippen LogP contribution in [0.2, 0.25) is 0 Å². The van der Waals surface area contributed by atoms with E-state index in [0.29, 0.717) is 37.1 Å². The number of ether oxygens (including phenoxy) is 1. The molecule has 30 heavy (non-hydrogen) atoms. The average molecular weight is 419 g/mol. The van der Waals surface area contributed by atoms with Gasteiger partial charge in [-0.2, -0.15) is 0 Å². The van der Waals surface area contributed by atoms with Crippen LogP contribution in [-0.4, -0.2) is 31.0 Å². The molecule has 0 aliphatic carbocycles. The monoisotopic (exact) mass is 419 g/mol. The number of halogens is 2. The highest BCUT2D eigenvalue weighted by molar-refractivity contribution is 5.79. The Bertz CT molecular complexity index is 960. The van der Waals surface area contributed by atoms with E-state index in [1.54, 1.807) is 24.0 Å². The van der Waals surface area contributed by atoms with Crippen molar-refractivity contribution in [2.24, 2.45) is 5.92 Å². The first-order valence-corrected chi connectivity index (χ1v) is 9.59. The second-order valence-corrected chi connectivity index (χ2v) is 7.30. The number of amides is 1. The van der Waals surface area contributed by atoms with Crippen molar-refractivity contribution in [1.29, 1.82) is 0 Å². The molecule has 1 amide bonds. The van der Waals surface area contributed by atoms with Gasteiger partial charge in [-0.25, -0.2) is 8.78 Å². The van der Waals surface area contributed by atoms with Gasteiger partial charge in [-0.05, 0) is 37.0 Å². The normalized spacial score (nSPS) is 14.5. The number of benzene rings is 2. The van der Waals surface area contributed by atoms with Crippen LogP contribution in [0.1, 0.15) is 24.0 Å². The number of carbonyl (C=O) groups excluding carboxylic acids is 1. The number of nitrogens with zero attached hydrogens (tertiary/aromatic N) is 2. The molecule has 0 atom stereocenters. The number of nitro benzene ring substituents is 1. The number of aryl methyl sites for hydroxylation is 1. The number of hydrogen-bond acceptors (Lipinski definition) is 5. The summed E-state index contributed by atoms with van der Waals surface area (Å²) >= 11 is 0. The van der Waals surface area contributed by atoms with Crippen LogP contribution in [0.15, 0.2) is 30.3 Å². The minimum atomic E-state index is -0.797. The highest BCUT2D eigenvalue weighted by Gasteiger charge is 2.29. The van der Waals surface area contributed by atoms with Gasteiger partial charge < -0.3 is 15.0 Å². The molecule has 7 nitrogen and oxygen atoms in total. The Kier molecular flexibility index (Phi) is 6.49. The SMILES string of the molecule is COc1cc(N2CCC(C(=O)NCc3ccc(C)c(F)c3)CC2)c([N+](=O)[O-])cc1F. The summed E-state index contributed by atoms with van der Waals surface area (Å²) in [5.74, 6) is -1.57. The van der Waals surface area contributed by atoms with E-state index in [1.165, 1.54) is 19.2 Å². The van der Waals surface area contributed by atoms with Gasteiger partial charge in [-0.1, -0.05) is 12.1 Å². The summed E-state index contributed by atoms with van der Waals surface area (Å²) < 4.78 is 32.5. The molecule has 0 bridgehead atoms. The molecule has 1 N–H and O–H groups in total. The first-order valence-electron chi connectivity index (χ1n) is 9.59. The van der Waals surface area contributed by atoms with Crippen molar-refractivity contribution < 1.29 is 23.2 Å². The molecule has 0 aromatic heterocycles. The van der Waals surface area contributed by atoms with Crippen LogP contribution in [-0.2, 0) is 11.3 Å². The molecule has 9 heteroatoms. The Morgan fingerprint density at radius 2 is 1.93 bits per heavy atom. The molecule has 2 aromatic rings. The maximum absolute atomic E-state index is 13.9. The molecule has 1 heterocycles. The summed E-state index contributed by atoms with van der Waals surface area (Å²) in [4.78, 5) is 25.0. The van der Waals surface area contributed by atoms with Crippen molar-refractivity contribution in [3.8, 4) is 5.75 Å². The van der Waals surface area contributed by atoms with E-state index in [2.05, 4.69) is 5.32 Å². The average Bonchev–Trinajstić information content (AvgIpc) is 2.74. The van der Waals surface area contributed by atoms with Gasteiger partial charge >= 0.3 is 0 Å². The topological polar surface area (TPSA) is 84.7 Å². The Morgan fingerprint density at radius 3 is 2.53 bits per heavy atom. The number of nitro groups is 1. The van der Waals surface area contributed by atoms with Gasteiger partial charge in [0.2, 0.25) is 5.91 Å². The van der Waals surface area contributed by atoms with Crippen molar-refractivity contribution in [1.82, 2.24) is 5.32 Å². The van der Waals surface area contributed by atoms with E-state index in [4.69, 9.17) is 4.74 Å². The molecule has 3 rings (SSSR count). The minimum absolute atomic E-state index is 0.0687. The van der Waals surface area contributed by atoms with Crippen molar-refractivity contribution in [3.63, 3.8) is 0 Å². The molecule has 1 aliphatic heterocycles. The maximum Gasteiger partial charge on any atom is 0.295 e. The number of anilines is 1. The van der Waals surface area contributed by atoms with Crippen LogP contribution < -0.4 is 15.0 Å². The van der Waals surface area contributed by atoms with E-state index >= 15 is 0 Å². The second-order valence-electron chi connectivity index (χ2n) is 7.30. The Labute approximate surface area is 172 Å². The standard InChI is InChI=1S/C21H23F2N3O4/c1-13-3-4-14(9-16(13)22)12-24-21(27)15-5-7-25(8-6-15)18-11-20(30-2)17(23)10-19(18)26(28)29/h3-4,9-11,15H,5-8,12H2,1-2H3,(H,24,27). The number of hydrogen-bond donors (Lipinski definition) is 1. The summed E-state index contributed by atoms with van der Waals surface area (Å²) in [6.45, 7) is 2.73. The molecule has 2 aromatic carbocycles. The highest BCUT2D eigenvalue weighted by Crippen LogP contribution is 2.36.